The van der Waals surface area contributed by atoms with Crippen LogP contribution in [-0.4, -0.2) is 60.8 Å². The van der Waals surface area contributed by atoms with Crippen molar-refractivity contribution in [2.75, 3.05) is 13.1 Å². The highest BCUT2D eigenvalue weighted by atomic mass is 35.5. The van der Waals surface area contributed by atoms with Crippen molar-refractivity contribution in [3.8, 4) is 5.75 Å². The Hall–Kier alpha value is -3.99. The van der Waals surface area contributed by atoms with Crippen molar-refractivity contribution in [2.45, 2.75) is 78.5 Å². The molecule has 0 aliphatic rings. The minimum Gasteiger partial charge on any atom is -0.476 e. The molecule has 230 valence electrons. The molecule has 2 aromatic carbocycles. The van der Waals surface area contributed by atoms with Gasteiger partial charge in [0.2, 0.25) is 6.29 Å². The molecule has 11 nitrogen and oxygen atoms in total. The molecule has 0 spiro atoms. The zero-order valence-corrected chi connectivity index (χ0v) is 25.7. The van der Waals surface area contributed by atoms with E-state index in [4.69, 9.17) is 35.3 Å². The maximum atomic E-state index is 12.7. The van der Waals surface area contributed by atoms with Gasteiger partial charge < -0.3 is 34.3 Å². The summed E-state index contributed by atoms with van der Waals surface area (Å²) in [6, 6.07) is 13.7. The third-order valence-electron chi connectivity index (χ3n) is 5.36. The van der Waals surface area contributed by atoms with Gasteiger partial charge in [0.05, 0.1) is 6.54 Å². The van der Waals surface area contributed by atoms with Crippen LogP contribution in [0.15, 0.2) is 48.5 Å². The van der Waals surface area contributed by atoms with E-state index in [1.807, 2.05) is 12.1 Å². The van der Waals surface area contributed by atoms with Crippen molar-refractivity contribution in [2.24, 2.45) is 0 Å². The quantitative estimate of drug-likeness (QED) is 0.184. The predicted octanol–water partition coefficient (Wildman–Crippen LogP) is 5.43. The smallest absolute Gasteiger partial charge is 0.476 e. The van der Waals surface area contributed by atoms with Crippen molar-refractivity contribution >= 4 is 35.7 Å². The van der Waals surface area contributed by atoms with Crippen LogP contribution in [-0.2, 0) is 30.2 Å². The van der Waals surface area contributed by atoms with Crippen molar-refractivity contribution < 1.29 is 42.9 Å². The summed E-state index contributed by atoms with van der Waals surface area (Å²) in [4.78, 5) is 48.7. The lowest BCUT2D eigenvalue weighted by molar-refractivity contribution is -0.183. The number of esters is 1. The zero-order valence-electron chi connectivity index (χ0n) is 24.9. The Kier molecular flexibility index (Phi) is 12.5. The number of hydrogen-bond acceptors (Lipinski definition) is 9. The number of benzene rings is 2. The fourth-order valence-corrected chi connectivity index (χ4v) is 3.44. The average molecular weight is 607 g/mol. The number of carbonyl (C=O) groups is 4. The first kappa shape index (κ1) is 34.2. The van der Waals surface area contributed by atoms with Gasteiger partial charge >= 0.3 is 18.2 Å². The lowest BCUT2D eigenvalue weighted by Crippen LogP contribution is -2.42. The maximum Gasteiger partial charge on any atom is 0.511 e. The van der Waals surface area contributed by atoms with Crippen molar-refractivity contribution in [3.63, 3.8) is 0 Å². The first-order valence-electron chi connectivity index (χ1n) is 13.4. The molecule has 2 aromatic rings. The summed E-state index contributed by atoms with van der Waals surface area (Å²) in [7, 11) is 0. The standard InChI is InChI=1S/C30H39ClN2O9/c1-19(18-33-27(36)42-29(3,4)5)38-28(37)40-20(2)39-26(35)30(6,7)41-24-14-8-21(9-15-24)16-17-32-25(34)22-10-12-23(31)13-11-22/h8-15,19-20H,16-18H2,1-7H3,(H,32,34)(H,33,36). The minimum absolute atomic E-state index is 0.00408. The fraction of sp³-hybridized carbons (Fsp3) is 0.467. The summed E-state index contributed by atoms with van der Waals surface area (Å²) in [6.07, 6.45) is -3.12. The Balaban J connectivity index is 1.75. The van der Waals surface area contributed by atoms with Gasteiger partial charge in [0.1, 0.15) is 17.5 Å². The lowest BCUT2D eigenvalue weighted by Gasteiger charge is -2.26. The molecule has 12 heteroatoms. The summed E-state index contributed by atoms with van der Waals surface area (Å²) in [5, 5.41) is 5.90. The molecule has 0 fully saturated rings. The molecule has 2 amide bonds. The molecule has 2 N–H and O–H groups in total. The van der Waals surface area contributed by atoms with Crippen LogP contribution in [0.1, 0.15) is 64.4 Å². The van der Waals surface area contributed by atoms with Gasteiger partial charge in [0.25, 0.3) is 5.91 Å². The van der Waals surface area contributed by atoms with Gasteiger partial charge in [-0.25, -0.2) is 14.4 Å². The van der Waals surface area contributed by atoms with Gasteiger partial charge in [-0.05, 0) is 89.9 Å². The van der Waals surface area contributed by atoms with Crippen LogP contribution < -0.4 is 15.4 Å². The van der Waals surface area contributed by atoms with Crippen LogP contribution in [0.5, 0.6) is 5.75 Å². The number of carbonyl (C=O) groups excluding carboxylic acids is 4. The highest BCUT2D eigenvalue weighted by Gasteiger charge is 2.34. The van der Waals surface area contributed by atoms with Gasteiger partial charge in [0, 0.05) is 24.1 Å². The van der Waals surface area contributed by atoms with Crippen LogP contribution in [0, 0.1) is 0 Å². The lowest BCUT2D eigenvalue weighted by atomic mass is 10.1. The summed E-state index contributed by atoms with van der Waals surface area (Å²) in [5.41, 5.74) is -0.584. The number of alkyl carbamates (subject to hydrolysis) is 1. The molecule has 0 heterocycles. The molecule has 0 saturated carbocycles. The van der Waals surface area contributed by atoms with E-state index >= 15 is 0 Å². The van der Waals surface area contributed by atoms with E-state index in [2.05, 4.69) is 10.6 Å². The number of nitrogens with one attached hydrogen (secondary N) is 2. The second-order valence-corrected chi connectivity index (χ2v) is 11.4. The van der Waals surface area contributed by atoms with E-state index in [-0.39, 0.29) is 12.5 Å². The Morgan fingerprint density at radius 3 is 2.05 bits per heavy atom. The number of ether oxygens (including phenoxy) is 5. The van der Waals surface area contributed by atoms with Crippen LogP contribution in [0.25, 0.3) is 0 Å². The average Bonchev–Trinajstić information content (AvgIpc) is 2.87. The third kappa shape index (κ3) is 12.7. The largest absolute Gasteiger partial charge is 0.511 e. The Bertz CT molecular complexity index is 1210. The molecule has 0 bridgehead atoms. The van der Waals surface area contributed by atoms with Gasteiger partial charge in [-0.3, -0.25) is 4.79 Å². The molecule has 0 aromatic heterocycles. The predicted molar refractivity (Wildman–Crippen MR) is 155 cm³/mol. The van der Waals surface area contributed by atoms with E-state index in [1.165, 1.54) is 20.8 Å². The topological polar surface area (TPSA) is 138 Å². The number of hydrogen-bond donors (Lipinski definition) is 2. The summed E-state index contributed by atoms with van der Waals surface area (Å²) < 4.78 is 26.2. The molecule has 0 aliphatic carbocycles. The summed E-state index contributed by atoms with van der Waals surface area (Å²) in [6.45, 7) is 11.6. The van der Waals surface area contributed by atoms with E-state index in [1.54, 1.807) is 64.1 Å². The summed E-state index contributed by atoms with van der Waals surface area (Å²) >= 11 is 5.85. The SMILES string of the molecule is CC(CNC(=O)OC(C)(C)C)OC(=O)OC(C)OC(=O)C(C)(C)Oc1ccc(CCNC(=O)c2ccc(Cl)cc2)cc1. The van der Waals surface area contributed by atoms with E-state index < -0.39 is 41.8 Å². The van der Waals surface area contributed by atoms with Crippen molar-refractivity contribution in [1.82, 2.24) is 10.6 Å². The number of amides is 2. The minimum atomic E-state index is -1.40. The molecule has 2 unspecified atom stereocenters. The van der Waals surface area contributed by atoms with Gasteiger partial charge in [0.15, 0.2) is 5.60 Å². The maximum absolute atomic E-state index is 12.7. The first-order chi connectivity index (χ1) is 19.5. The molecule has 0 radical (unpaired) electrons. The zero-order chi connectivity index (χ0) is 31.5. The van der Waals surface area contributed by atoms with Crippen LogP contribution in [0.3, 0.4) is 0 Å². The van der Waals surface area contributed by atoms with Gasteiger partial charge in [-0.1, -0.05) is 23.7 Å². The van der Waals surface area contributed by atoms with Crippen LogP contribution in [0.2, 0.25) is 5.02 Å². The van der Waals surface area contributed by atoms with Gasteiger partial charge in [-0.2, -0.15) is 0 Å². The van der Waals surface area contributed by atoms with Crippen molar-refractivity contribution in [1.29, 1.82) is 0 Å². The van der Waals surface area contributed by atoms with Gasteiger partial charge in [-0.15, -0.1) is 0 Å². The third-order valence-corrected chi connectivity index (χ3v) is 5.61. The normalized spacial score (nSPS) is 12.8. The molecule has 0 saturated heterocycles. The monoisotopic (exact) mass is 606 g/mol. The van der Waals surface area contributed by atoms with E-state index in [9.17, 15) is 19.2 Å². The second-order valence-electron chi connectivity index (χ2n) is 10.9. The Morgan fingerprint density at radius 1 is 0.833 bits per heavy atom. The molecule has 2 rings (SSSR count). The van der Waals surface area contributed by atoms with E-state index in [0.717, 1.165) is 5.56 Å². The van der Waals surface area contributed by atoms with Crippen LogP contribution >= 0.6 is 11.6 Å². The summed E-state index contributed by atoms with van der Waals surface area (Å²) in [5.74, 6) is -0.537. The first-order valence-corrected chi connectivity index (χ1v) is 13.8. The number of rotatable bonds is 12. The highest BCUT2D eigenvalue weighted by molar-refractivity contribution is 6.30. The molecule has 42 heavy (non-hydrogen) atoms. The Morgan fingerprint density at radius 2 is 1.45 bits per heavy atom. The van der Waals surface area contributed by atoms with Crippen molar-refractivity contribution in [3.05, 3.63) is 64.7 Å². The second kappa shape index (κ2) is 15.3. The molecule has 2 atom stereocenters. The molecule has 0 aliphatic heterocycles. The molecular weight excluding hydrogens is 568 g/mol. The van der Waals surface area contributed by atoms with Crippen LogP contribution in [0.4, 0.5) is 9.59 Å². The molecular formula is C30H39ClN2O9. The van der Waals surface area contributed by atoms with E-state index in [0.29, 0.717) is 29.3 Å². The highest BCUT2D eigenvalue weighted by Crippen LogP contribution is 2.21. The Labute approximate surface area is 251 Å². The number of halogens is 1. The fourth-order valence-electron chi connectivity index (χ4n) is 3.31.